The van der Waals surface area contributed by atoms with E-state index in [0.29, 0.717) is 6.42 Å². The maximum Gasteiger partial charge on any atom is 0.243 e. The summed E-state index contributed by atoms with van der Waals surface area (Å²) in [6.07, 6.45) is 2.28. The lowest BCUT2D eigenvalue weighted by Crippen LogP contribution is -2.61. The van der Waals surface area contributed by atoms with Crippen molar-refractivity contribution in [2.24, 2.45) is 0 Å². The van der Waals surface area contributed by atoms with Gasteiger partial charge in [0.1, 0.15) is 17.8 Å². The van der Waals surface area contributed by atoms with Gasteiger partial charge in [-0.1, -0.05) is 19.9 Å². The molecule has 0 saturated carbocycles. The van der Waals surface area contributed by atoms with Crippen LogP contribution in [0, 0.1) is 0 Å². The Morgan fingerprint density at radius 3 is 2.62 bits per heavy atom. The highest BCUT2D eigenvalue weighted by Gasteiger charge is 2.33. The second-order valence-electron chi connectivity index (χ2n) is 7.31. The van der Waals surface area contributed by atoms with Gasteiger partial charge < -0.3 is 20.4 Å². The van der Waals surface area contributed by atoms with Crippen LogP contribution in [0.2, 0.25) is 0 Å². The van der Waals surface area contributed by atoms with Crippen LogP contribution in [0.25, 0.3) is 10.9 Å². The van der Waals surface area contributed by atoms with E-state index in [0.717, 1.165) is 27.9 Å². The van der Waals surface area contributed by atoms with Crippen molar-refractivity contribution in [3.63, 3.8) is 0 Å². The number of nitrogens with one attached hydrogen (secondary N) is 3. The number of amides is 2. The van der Waals surface area contributed by atoms with Gasteiger partial charge in [0.15, 0.2) is 0 Å². The smallest absolute Gasteiger partial charge is 0.243 e. The van der Waals surface area contributed by atoms with Crippen LogP contribution in [0.5, 0.6) is 5.75 Å². The second-order valence-corrected chi connectivity index (χ2v) is 7.31. The van der Waals surface area contributed by atoms with Gasteiger partial charge >= 0.3 is 0 Å². The molecule has 2 amide bonds. The van der Waals surface area contributed by atoms with E-state index in [4.69, 9.17) is 4.74 Å². The van der Waals surface area contributed by atoms with Crippen molar-refractivity contribution in [2.45, 2.75) is 44.7 Å². The summed E-state index contributed by atoms with van der Waals surface area (Å²) in [6, 6.07) is 4.71. The van der Waals surface area contributed by atoms with Crippen molar-refractivity contribution >= 4 is 22.7 Å². The van der Waals surface area contributed by atoms with Crippen LogP contribution < -0.4 is 15.4 Å². The van der Waals surface area contributed by atoms with Gasteiger partial charge in [-0.25, -0.2) is 0 Å². The van der Waals surface area contributed by atoms with Crippen molar-refractivity contribution in [2.75, 3.05) is 7.11 Å². The summed E-state index contributed by atoms with van der Waals surface area (Å²) in [5, 5.41) is 6.56. The van der Waals surface area contributed by atoms with Gasteiger partial charge in [-0.15, -0.1) is 6.58 Å². The molecule has 1 aromatic carbocycles. The van der Waals surface area contributed by atoms with Crippen molar-refractivity contribution in [1.82, 2.24) is 15.6 Å². The van der Waals surface area contributed by atoms with Crippen molar-refractivity contribution < 1.29 is 14.3 Å². The number of carbonyl (C=O) groups excluding carboxylic acids is 2. The summed E-state index contributed by atoms with van der Waals surface area (Å²) in [5.74, 6) is 0.425. The lowest BCUT2D eigenvalue weighted by Gasteiger charge is -2.29. The molecule has 138 valence electrons. The molecule has 6 heteroatoms. The Bertz CT molecular complexity index is 882. The molecule has 0 radical (unpaired) electrons. The molecule has 1 aromatic heterocycles. The van der Waals surface area contributed by atoms with Gasteiger partial charge in [-0.05, 0) is 24.6 Å². The van der Waals surface area contributed by atoms with Crippen LogP contribution in [0.4, 0.5) is 0 Å². The summed E-state index contributed by atoms with van der Waals surface area (Å²) in [6.45, 7) is 9.74. The summed E-state index contributed by atoms with van der Waals surface area (Å²) in [4.78, 5) is 27.8. The SMILES string of the molecule is C=CC(C)(C)c1[nH]c2cc(OC)ccc2c1C[C@@H]1NC(=O)[C@@H](C)NC1=O. The Labute approximate surface area is 153 Å². The number of benzene rings is 1. The van der Waals surface area contributed by atoms with E-state index in [9.17, 15) is 9.59 Å². The van der Waals surface area contributed by atoms with E-state index in [1.165, 1.54) is 0 Å². The number of methoxy groups -OCH3 is 1. The Morgan fingerprint density at radius 2 is 1.96 bits per heavy atom. The molecule has 0 aliphatic carbocycles. The van der Waals surface area contributed by atoms with Crippen molar-refractivity contribution in [1.29, 1.82) is 0 Å². The van der Waals surface area contributed by atoms with Crippen LogP contribution >= 0.6 is 0 Å². The molecule has 1 aliphatic heterocycles. The van der Waals surface area contributed by atoms with Crippen LogP contribution in [-0.4, -0.2) is 36.0 Å². The zero-order chi connectivity index (χ0) is 19.1. The number of aromatic nitrogens is 1. The van der Waals surface area contributed by atoms with Gasteiger partial charge in [0, 0.05) is 34.5 Å². The number of ether oxygens (including phenoxy) is 1. The van der Waals surface area contributed by atoms with E-state index in [2.05, 4.69) is 36.0 Å². The molecule has 0 spiro atoms. The topological polar surface area (TPSA) is 83.2 Å². The highest BCUT2D eigenvalue weighted by atomic mass is 16.5. The summed E-state index contributed by atoms with van der Waals surface area (Å²) < 4.78 is 5.31. The van der Waals surface area contributed by atoms with Gasteiger partial charge in [0.2, 0.25) is 11.8 Å². The number of carbonyl (C=O) groups is 2. The van der Waals surface area contributed by atoms with Crippen LogP contribution in [-0.2, 0) is 21.4 Å². The van der Waals surface area contributed by atoms with E-state index < -0.39 is 12.1 Å². The maximum absolute atomic E-state index is 12.4. The lowest BCUT2D eigenvalue weighted by molar-refractivity contribution is -0.136. The Morgan fingerprint density at radius 1 is 1.23 bits per heavy atom. The van der Waals surface area contributed by atoms with Crippen molar-refractivity contribution in [3.05, 3.63) is 42.1 Å². The Hall–Kier alpha value is -2.76. The number of allylic oxidation sites excluding steroid dienone is 1. The van der Waals surface area contributed by atoms with Gasteiger partial charge in [0.05, 0.1) is 7.11 Å². The zero-order valence-electron chi connectivity index (χ0n) is 15.6. The molecule has 6 nitrogen and oxygen atoms in total. The molecule has 2 atom stereocenters. The largest absolute Gasteiger partial charge is 0.497 e. The number of fused-ring (bicyclic) bond motifs is 1. The number of rotatable bonds is 5. The minimum Gasteiger partial charge on any atom is -0.497 e. The number of H-pyrrole nitrogens is 1. The van der Waals surface area contributed by atoms with Crippen LogP contribution in [0.1, 0.15) is 32.0 Å². The van der Waals surface area contributed by atoms with E-state index >= 15 is 0 Å². The minimum atomic E-state index is -0.598. The first-order valence-electron chi connectivity index (χ1n) is 8.70. The summed E-state index contributed by atoms with van der Waals surface area (Å²) in [7, 11) is 1.63. The normalized spacial score (nSPS) is 20.6. The van der Waals surface area contributed by atoms with E-state index in [1.807, 2.05) is 24.3 Å². The molecule has 2 heterocycles. The monoisotopic (exact) mass is 355 g/mol. The third-order valence-corrected chi connectivity index (χ3v) is 5.06. The van der Waals surface area contributed by atoms with E-state index in [-0.39, 0.29) is 17.2 Å². The molecule has 1 aliphatic rings. The predicted molar refractivity (Wildman–Crippen MR) is 101 cm³/mol. The number of hydrogen-bond donors (Lipinski definition) is 3. The third-order valence-electron chi connectivity index (χ3n) is 5.06. The van der Waals surface area contributed by atoms with Gasteiger partial charge in [-0.2, -0.15) is 0 Å². The lowest BCUT2D eigenvalue weighted by atomic mass is 9.84. The first kappa shape index (κ1) is 18.0. The van der Waals surface area contributed by atoms with Crippen molar-refractivity contribution in [3.8, 4) is 5.75 Å². The fourth-order valence-electron chi connectivity index (χ4n) is 3.32. The van der Waals surface area contributed by atoms with Crippen LogP contribution in [0.15, 0.2) is 30.9 Å². The first-order chi connectivity index (χ1) is 12.3. The quantitative estimate of drug-likeness (QED) is 0.719. The average molecular weight is 355 g/mol. The number of hydrogen-bond acceptors (Lipinski definition) is 3. The summed E-state index contributed by atoms with van der Waals surface area (Å²) in [5.41, 5.74) is 2.60. The fraction of sp³-hybridized carbons (Fsp3) is 0.400. The Balaban J connectivity index is 2.08. The number of piperazine rings is 1. The fourth-order valence-corrected chi connectivity index (χ4v) is 3.32. The Kier molecular flexibility index (Phi) is 4.52. The van der Waals surface area contributed by atoms with Gasteiger partial charge in [-0.3, -0.25) is 9.59 Å². The molecular weight excluding hydrogens is 330 g/mol. The van der Waals surface area contributed by atoms with E-state index in [1.54, 1.807) is 14.0 Å². The molecule has 0 bridgehead atoms. The average Bonchev–Trinajstić information content (AvgIpc) is 2.98. The number of aromatic amines is 1. The second kappa shape index (κ2) is 6.52. The molecule has 2 aromatic rings. The molecular formula is C20H25N3O3. The molecule has 3 N–H and O–H groups in total. The summed E-state index contributed by atoms with van der Waals surface area (Å²) >= 11 is 0. The highest BCUT2D eigenvalue weighted by Crippen LogP contribution is 2.34. The van der Waals surface area contributed by atoms with Gasteiger partial charge in [0.25, 0.3) is 0 Å². The van der Waals surface area contributed by atoms with Crippen LogP contribution in [0.3, 0.4) is 0 Å². The predicted octanol–water partition coefficient (Wildman–Crippen LogP) is 2.19. The molecule has 0 unspecified atom stereocenters. The first-order valence-corrected chi connectivity index (χ1v) is 8.70. The molecule has 26 heavy (non-hydrogen) atoms. The highest BCUT2D eigenvalue weighted by molar-refractivity contribution is 5.97. The minimum absolute atomic E-state index is 0.165. The third kappa shape index (κ3) is 3.07. The standard InChI is InChI=1S/C20H25N3O3/c1-6-20(3,4)17-14(10-16-19(25)21-11(2)18(24)23-16)13-8-7-12(26-5)9-15(13)22-17/h6-9,11,16,22H,1,10H2,2-5H3,(H,21,25)(H,23,24)/t11-,16+/m1/s1. The molecule has 1 saturated heterocycles. The molecule has 1 fully saturated rings. The molecule has 3 rings (SSSR count). The maximum atomic E-state index is 12.4. The zero-order valence-corrected chi connectivity index (χ0v) is 15.6.